The summed E-state index contributed by atoms with van der Waals surface area (Å²) in [7, 11) is -4.53. The van der Waals surface area contributed by atoms with Crippen LogP contribution in [0.4, 0.5) is 5.69 Å². The molecule has 0 saturated heterocycles. The number of rotatable bonds is 5. The fourth-order valence-corrected chi connectivity index (χ4v) is 2.36. The molecule has 7 heteroatoms. The first-order valence-corrected chi connectivity index (χ1v) is 6.43. The minimum Gasteiger partial charge on any atom is -0.730 e. The second-order valence-corrected chi connectivity index (χ2v) is 4.38. The molecule has 1 aromatic carbocycles. The number of hydrogen-bond donors (Lipinski definition) is 0. The molecule has 0 fully saturated rings. The van der Waals surface area contributed by atoms with Crippen LogP contribution in [0.1, 0.15) is 13.8 Å². The molecule has 1 aromatic rings. The van der Waals surface area contributed by atoms with Crippen LogP contribution in [0.25, 0.3) is 0 Å². The Morgan fingerprint density at radius 1 is 1.12 bits per heavy atom. The van der Waals surface area contributed by atoms with Gasteiger partial charge in [0.25, 0.3) is 0 Å². The van der Waals surface area contributed by atoms with Crippen molar-refractivity contribution in [2.75, 3.05) is 17.5 Å². The summed E-state index contributed by atoms with van der Waals surface area (Å²) in [6, 6.07) is 8.33. The topological polar surface area (TPSA) is 63.7 Å². The first-order chi connectivity index (χ1) is 7.50. The van der Waals surface area contributed by atoms with Gasteiger partial charge in [0.2, 0.25) is 0 Å². The van der Waals surface area contributed by atoms with Crippen molar-refractivity contribution in [3.8, 4) is 0 Å². The van der Waals surface area contributed by atoms with Crippen molar-refractivity contribution in [3.05, 3.63) is 30.3 Å². The summed E-state index contributed by atoms with van der Waals surface area (Å²) in [6.45, 7) is 4.50. The Balaban J connectivity index is 0.00000256. The number of para-hydroxylation sites is 1. The molecule has 0 atom stereocenters. The van der Waals surface area contributed by atoms with Crippen molar-refractivity contribution in [1.29, 1.82) is 0 Å². The largest absolute Gasteiger partial charge is 1.00 e. The molecule has 0 heterocycles. The molecule has 0 amide bonds. The molecule has 0 aliphatic carbocycles. The van der Waals surface area contributed by atoms with Crippen LogP contribution < -0.4 is 34.0 Å². The van der Waals surface area contributed by atoms with Crippen molar-refractivity contribution in [2.24, 2.45) is 0 Å². The summed E-state index contributed by atoms with van der Waals surface area (Å²) in [5, 5.41) is 1.47. The van der Waals surface area contributed by atoms with Gasteiger partial charge in [-0.05, 0) is 12.1 Å². The maximum absolute atomic E-state index is 11.2. The van der Waals surface area contributed by atoms with Crippen molar-refractivity contribution < 1.29 is 42.5 Å². The molecule has 0 radical (unpaired) electrons. The van der Waals surface area contributed by atoms with E-state index in [1.807, 2.05) is 0 Å². The van der Waals surface area contributed by atoms with Crippen LogP contribution in [0.5, 0.6) is 0 Å². The summed E-state index contributed by atoms with van der Waals surface area (Å²) in [5.41, 5.74) is 0.362. The predicted octanol–water partition coefficient (Wildman–Crippen LogP) is -1.79. The fourth-order valence-electron chi connectivity index (χ4n) is 1.47. The molecule has 17 heavy (non-hydrogen) atoms. The zero-order valence-electron chi connectivity index (χ0n) is 10.3. The summed E-state index contributed by atoms with van der Waals surface area (Å²) in [5.74, 6) is 0. The number of hydrazine groups is 1. The van der Waals surface area contributed by atoms with E-state index in [0.29, 0.717) is 18.8 Å². The van der Waals surface area contributed by atoms with Crippen LogP contribution in [-0.2, 0) is 10.3 Å². The molecule has 0 unspecified atom stereocenters. The van der Waals surface area contributed by atoms with Gasteiger partial charge in [-0.25, -0.2) is 17.8 Å². The van der Waals surface area contributed by atoms with E-state index >= 15 is 0 Å². The van der Waals surface area contributed by atoms with Crippen LogP contribution in [0.3, 0.4) is 0 Å². The van der Waals surface area contributed by atoms with E-state index in [2.05, 4.69) is 0 Å². The Morgan fingerprint density at radius 2 is 1.59 bits per heavy atom. The van der Waals surface area contributed by atoms with Gasteiger partial charge in [-0.1, -0.05) is 32.0 Å². The maximum Gasteiger partial charge on any atom is 1.00 e. The van der Waals surface area contributed by atoms with Crippen LogP contribution >= 0.6 is 0 Å². The molecule has 0 aliphatic heterocycles. The zero-order chi connectivity index (χ0) is 12.2. The van der Waals surface area contributed by atoms with Crippen molar-refractivity contribution in [2.45, 2.75) is 13.8 Å². The molecule has 0 bridgehead atoms. The minimum absolute atomic E-state index is 0. The van der Waals surface area contributed by atoms with Crippen LogP contribution in [0, 0.1) is 0 Å². The second kappa shape index (κ2) is 7.35. The quantitative estimate of drug-likeness (QED) is 0.359. The molecule has 5 nitrogen and oxygen atoms in total. The van der Waals surface area contributed by atoms with Crippen LogP contribution in [0.15, 0.2) is 30.3 Å². The number of hydrogen-bond acceptors (Lipinski definition) is 4. The molecule has 0 spiro atoms. The Kier molecular flexibility index (Phi) is 7.30. The van der Waals surface area contributed by atoms with Gasteiger partial charge >= 0.3 is 29.6 Å². The SMILES string of the molecule is CCN(CC)N(c1ccccc1)S(=O)(=O)[O-].[Na+]. The van der Waals surface area contributed by atoms with Crippen LogP contribution in [-0.4, -0.2) is 31.1 Å². The van der Waals surface area contributed by atoms with E-state index in [-0.39, 0.29) is 29.6 Å². The van der Waals surface area contributed by atoms with Gasteiger partial charge in [0.15, 0.2) is 10.3 Å². The molecule has 0 N–H and O–H groups in total. The Hall–Kier alpha value is -0.110. The van der Waals surface area contributed by atoms with Gasteiger partial charge in [-0.15, -0.1) is 0 Å². The standard InChI is InChI=1S/C10H16N2O3S.Na/c1-3-11(4-2)12(16(13,14)15)10-8-6-5-7-9-10;/h5-9H,3-4H2,1-2H3,(H,13,14,15);/q;+1/p-1. The Bertz CT molecular complexity index is 420. The molecule has 0 aromatic heterocycles. The second-order valence-electron chi connectivity index (χ2n) is 3.18. The number of anilines is 1. The van der Waals surface area contributed by atoms with Crippen LogP contribution in [0.2, 0.25) is 0 Å². The van der Waals surface area contributed by atoms with Crippen molar-refractivity contribution in [3.63, 3.8) is 0 Å². The van der Waals surface area contributed by atoms with E-state index < -0.39 is 10.3 Å². The van der Waals surface area contributed by atoms with Gasteiger partial charge in [0, 0.05) is 13.1 Å². The third-order valence-corrected chi connectivity index (χ3v) is 3.04. The first kappa shape index (κ1) is 16.9. The minimum atomic E-state index is -4.53. The Labute approximate surface area is 125 Å². The predicted molar refractivity (Wildman–Crippen MR) is 61.5 cm³/mol. The summed E-state index contributed by atoms with van der Waals surface area (Å²) >= 11 is 0. The molecule has 0 aliphatic rings. The van der Waals surface area contributed by atoms with E-state index in [0.717, 1.165) is 4.41 Å². The van der Waals surface area contributed by atoms with Gasteiger partial charge in [0.1, 0.15) is 0 Å². The van der Waals surface area contributed by atoms with Gasteiger partial charge < -0.3 is 4.55 Å². The van der Waals surface area contributed by atoms with Gasteiger partial charge in [0.05, 0.1) is 5.69 Å². The summed E-state index contributed by atoms with van der Waals surface area (Å²) in [6.07, 6.45) is 0. The Morgan fingerprint density at radius 3 is 1.94 bits per heavy atom. The maximum atomic E-state index is 11.2. The smallest absolute Gasteiger partial charge is 0.730 e. The molecular weight excluding hydrogens is 251 g/mol. The average Bonchev–Trinajstić information content (AvgIpc) is 2.25. The first-order valence-electron chi connectivity index (χ1n) is 5.06. The molecule has 1 rings (SSSR count). The third kappa shape index (κ3) is 4.57. The van der Waals surface area contributed by atoms with E-state index in [1.165, 1.54) is 5.01 Å². The van der Waals surface area contributed by atoms with E-state index in [4.69, 9.17) is 0 Å². The fraction of sp³-hybridized carbons (Fsp3) is 0.400. The van der Waals surface area contributed by atoms with Crippen molar-refractivity contribution in [1.82, 2.24) is 5.01 Å². The van der Waals surface area contributed by atoms with Gasteiger partial charge in [-0.2, -0.15) is 0 Å². The summed E-state index contributed by atoms with van der Waals surface area (Å²) < 4.78 is 34.5. The van der Waals surface area contributed by atoms with Gasteiger partial charge in [-0.3, -0.25) is 0 Å². The zero-order valence-corrected chi connectivity index (χ0v) is 13.1. The van der Waals surface area contributed by atoms with E-state index in [9.17, 15) is 13.0 Å². The number of benzene rings is 1. The van der Waals surface area contributed by atoms with Crippen molar-refractivity contribution >= 4 is 16.0 Å². The summed E-state index contributed by atoms with van der Waals surface area (Å²) in [4.78, 5) is 0. The normalized spacial score (nSPS) is 11.1. The monoisotopic (exact) mass is 266 g/mol. The third-order valence-electron chi connectivity index (χ3n) is 2.18. The van der Waals surface area contributed by atoms with E-state index in [1.54, 1.807) is 44.2 Å². The molecule has 90 valence electrons. The molecular formula is C10H15N2NaO3S. The molecule has 0 saturated carbocycles. The average molecular weight is 266 g/mol. The number of nitrogens with zero attached hydrogens (tertiary/aromatic N) is 2.